The van der Waals surface area contributed by atoms with E-state index in [-0.39, 0.29) is 6.35 Å². The third-order valence-electron chi connectivity index (χ3n) is 2.91. The topological polar surface area (TPSA) is 57.3 Å². The standard InChI is InChI=1S/C11H17BrN4O/c1-13-10-16-9-5-4-7(12)6-8(9)11(14-2,15-3)17-10/h4-6,10,13-16H,1-3H3. The minimum Gasteiger partial charge on any atom is -0.347 e. The van der Waals surface area contributed by atoms with Crippen LogP contribution in [-0.2, 0) is 10.6 Å². The molecule has 1 aliphatic heterocycles. The van der Waals surface area contributed by atoms with E-state index in [1.54, 1.807) is 0 Å². The molecule has 0 fully saturated rings. The molecule has 6 heteroatoms. The highest BCUT2D eigenvalue weighted by atomic mass is 79.9. The number of halogens is 1. The highest BCUT2D eigenvalue weighted by molar-refractivity contribution is 9.10. The Morgan fingerprint density at radius 2 is 2.00 bits per heavy atom. The minimum absolute atomic E-state index is 0.247. The summed E-state index contributed by atoms with van der Waals surface area (Å²) in [5, 5.41) is 12.7. The summed E-state index contributed by atoms with van der Waals surface area (Å²) in [6.45, 7) is 0. The molecular formula is C11H17BrN4O. The third kappa shape index (κ3) is 2.19. The number of fused-ring (bicyclic) bond motifs is 1. The summed E-state index contributed by atoms with van der Waals surface area (Å²) in [5.74, 6) is -0.696. The Bertz CT molecular complexity index is 408. The molecule has 1 unspecified atom stereocenters. The second-order valence-electron chi connectivity index (χ2n) is 3.80. The Morgan fingerprint density at radius 1 is 1.29 bits per heavy atom. The number of ether oxygens (including phenoxy) is 1. The van der Waals surface area contributed by atoms with Gasteiger partial charge in [0.15, 0.2) is 6.35 Å². The van der Waals surface area contributed by atoms with Crippen molar-refractivity contribution in [1.82, 2.24) is 16.0 Å². The summed E-state index contributed by atoms with van der Waals surface area (Å²) < 4.78 is 6.95. The first-order valence-corrected chi connectivity index (χ1v) is 6.24. The summed E-state index contributed by atoms with van der Waals surface area (Å²) in [7, 11) is 5.57. The van der Waals surface area contributed by atoms with E-state index in [4.69, 9.17) is 4.74 Å². The molecule has 17 heavy (non-hydrogen) atoms. The van der Waals surface area contributed by atoms with E-state index in [2.05, 4.69) is 37.2 Å². The average Bonchev–Trinajstić information content (AvgIpc) is 2.37. The number of nitrogens with one attached hydrogen (secondary N) is 4. The van der Waals surface area contributed by atoms with Crippen molar-refractivity contribution in [3.05, 3.63) is 28.2 Å². The highest BCUT2D eigenvalue weighted by Gasteiger charge is 2.39. The lowest BCUT2D eigenvalue weighted by atomic mass is 10.1. The van der Waals surface area contributed by atoms with Gasteiger partial charge in [0.2, 0.25) is 5.85 Å². The molecule has 0 saturated heterocycles. The Kier molecular flexibility index (Phi) is 3.70. The van der Waals surface area contributed by atoms with Gasteiger partial charge in [-0.15, -0.1) is 0 Å². The quantitative estimate of drug-likeness (QED) is 0.626. The SMILES string of the molecule is CNC1Nc2ccc(Br)cc2C(NC)(NC)O1. The smallest absolute Gasteiger partial charge is 0.207 e. The first-order chi connectivity index (χ1) is 8.15. The van der Waals surface area contributed by atoms with Crippen LogP contribution in [0, 0.1) is 0 Å². The zero-order valence-corrected chi connectivity index (χ0v) is 11.7. The third-order valence-corrected chi connectivity index (χ3v) is 3.40. The van der Waals surface area contributed by atoms with E-state index < -0.39 is 5.85 Å². The zero-order valence-electron chi connectivity index (χ0n) is 10.1. The monoisotopic (exact) mass is 300 g/mol. The van der Waals surface area contributed by atoms with Gasteiger partial charge in [-0.3, -0.25) is 16.0 Å². The van der Waals surface area contributed by atoms with Gasteiger partial charge in [-0.25, -0.2) is 0 Å². The van der Waals surface area contributed by atoms with Crippen LogP contribution in [0.3, 0.4) is 0 Å². The first-order valence-electron chi connectivity index (χ1n) is 5.44. The van der Waals surface area contributed by atoms with E-state index >= 15 is 0 Å². The Labute approximate surface area is 109 Å². The molecule has 1 aromatic rings. The van der Waals surface area contributed by atoms with E-state index in [1.165, 1.54) is 0 Å². The van der Waals surface area contributed by atoms with Gasteiger partial charge in [0, 0.05) is 15.7 Å². The number of hydrogen-bond donors (Lipinski definition) is 4. The molecule has 1 heterocycles. The number of rotatable bonds is 3. The fourth-order valence-electron chi connectivity index (χ4n) is 1.99. The largest absolute Gasteiger partial charge is 0.347 e. The molecular weight excluding hydrogens is 284 g/mol. The molecule has 0 radical (unpaired) electrons. The van der Waals surface area contributed by atoms with Crippen molar-refractivity contribution in [2.24, 2.45) is 0 Å². The van der Waals surface area contributed by atoms with Crippen molar-refractivity contribution in [1.29, 1.82) is 0 Å². The summed E-state index contributed by atoms with van der Waals surface area (Å²) in [4.78, 5) is 0. The van der Waals surface area contributed by atoms with Gasteiger partial charge in [-0.1, -0.05) is 15.9 Å². The molecule has 1 aromatic carbocycles. The van der Waals surface area contributed by atoms with Crippen LogP contribution in [0.4, 0.5) is 5.69 Å². The molecule has 0 spiro atoms. The Morgan fingerprint density at radius 3 is 2.59 bits per heavy atom. The van der Waals surface area contributed by atoms with Crippen molar-refractivity contribution >= 4 is 21.6 Å². The van der Waals surface area contributed by atoms with Crippen LogP contribution < -0.4 is 21.3 Å². The van der Waals surface area contributed by atoms with Gasteiger partial charge in [0.1, 0.15) is 0 Å². The molecule has 0 amide bonds. The van der Waals surface area contributed by atoms with Gasteiger partial charge in [-0.05, 0) is 39.3 Å². The van der Waals surface area contributed by atoms with E-state index in [0.717, 1.165) is 15.7 Å². The summed E-state index contributed by atoms with van der Waals surface area (Å²) in [6, 6.07) is 6.05. The Hall–Kier alpha value is -0.660. The average molecular weight is 301 g/mol. The second-order valence-corrected chi connectivity index (χ2v) is 4.72. The molecule has 0 aliphatic carbocycles. The normalized spacial score (nSPS) is 21.8. The second kappa shape index (κ2) is 4.91. The van der Waals surface area contributed by atoms with E-state index in [1.807, 2.05) is 39.3 Å². The fourth-order valence-corrected chi connectivity index (χ4v) is 2.35. The van der Waals surface area contributed by atoms with Crippen molar-refractivity contribution in [3.63, 3.8) is 0 Å². The number of anilines is 1. The maximum Gasteiger partial charge on any atom is 0.207 e. The predicted molar refractivity (Wildman–Crippen MR) is 71.5 cm³/mol. The molecule has 0 aromatic heterocycles. The number of benzene rings is 1. The van der Waals surface area contributed by atoms with Crippen molar-refractivity contribution in [2.45, 2.75) is 12.2 Å². The molecule has 1 atom stereocenters. The van der Waals surface area contributed by atoms with Gasteiger partial charge >= 0.3 is 0 Å². The molecule has 0 bridgehead atoms. The van der Waals surface area contributed by atoms with Crippen LogP contribution in [0.1, 0.15) is 5.56 Å². The lowest BCUT2D eigenvalue weighted by Gasteiger charge is -2.42. The number of hydrogen-bond acceptors (Lipinski definition) is 5. The van der Waals surface area contributed by atoms with Crippen molar-refractivity contribution in [2.75, 3.05) is 26.5 Å². The summed E-state index contributed by atoms with van der Waals surface area (Å²) in [6.07, 6.45) is -0.247. The molecule has 0 saturated carbocycles. The van der Waals surface area contributed by atoms with Crippen LogP contribution in [-0.4, -0.2) is 27.5 Å². The highest BCUT2D eigenvalue weighted by Crippen LogP contribution is 2.34. The zero-order chi connectivity index (χ0) is 12.5. The van der Waals surface area contributed by atoms with Crippen LogP contribution in [0.15, 0.2) is 22.7 Å². The van der Waals surface area contributed by atoms with Crippen LogP contribution in [0.25, 0.3) is 0 Å². The predicted octanol–water partition coefficient (Wildman–Crippen LogP) is 0.943. The molecule has 4 N–H and O–H groups in total. The summed E-state index contributed by atoms with van der Waals surface area (Å²) in [5.41, 5.74) is 2.05. The Balaban J connectivity index is 2.51. The molecule has 94 valence electrons. The van der Waals surface area contributed by atoms with E-state index in [0.29, 0.717) is 0 Å². The fraction of sp³-hybridized carbons (Fsp3) is 0.455. The van der Waals surface area contributed by atoms with E-state index in [9.17, 15) is 0 Å². The lowest BCUT2D eigenvalue weighted by molar-refractivity contribution is -0.141. The first kappa shape index (κ1) is 12.8. The maximum absolute atomic E-state index is 5.94. The molecule has 5 nitrogen and oxygen atoms in total. The van der Waals surface area contributed by atoms with Gasteiger partial charge in [-0.2, -0.15) is 0 Å². The summed E-state index contributed by atoms with van der Waals surface area (Å²) >= 11 is 3.48. The lowest BCUT2D eigenvalue weighted by Crippen LogP contribution is -2.60. The van der Waals surface area contributed by atoms with Gasteiger partial charge < -0.3 is 10.1 Å². The minimum atomic E-state index is -0.696. The van der Waals surface area contributed by atoms with Gasteiger partial charge in [0.05, 0.1) is 0 Å². The van der Waals surface area contributed by atoms with Crippen LogP contribution in [0.2, 0.25) is 0 Å². The van der Waals surface area contributed by atoms with Crippen LogP contribution in [0.5, 0.6) is 0 Å². The van der Waals surface area contributed by atoms with Crippen LogP contribution >= 0.6 is 15.9 Å². The van der Waals surface area contributed by atoms with Crippen molar-refractivity contribution in [3.8, 4) is 0 Å². The molecule has 2 rings (SSSR count). The van der Waals surface area contributed by atoms with Gasteiger partial charge in [0.25, 0.3) is 0 Å². The maximum atomic E-state index is 5.94. The molecule has 1 aliphatic rings. The van der Waals surface area contributed by atoms with Crippen molar-refractivity contribution < 1.29 is 4.74 Å².